The molecule has 0 atom stereocenters. The van der Waals surface area contributed by atoms with Crippen LogP contribution in [0.15, 0.2) is 18.2 Å². The third-order valence-electron chi connectivity index (χ3n) is 3.31. The Hall–Kier alpha value is -1.82. The molecule has 0 amide bonds. The molecule has 1 aromatic carbocycles. The number of rotatable bonds is 5. The van der Waals surface area contributed by atoms with Crippen molar-refractivity contribution in [1.82, 2.24) is 5.32 Å². The smallest absolute Gasteiger partial charge is 0.311 e. The van der Waals surface area contributed by atoms with Crippen LogP contribution in [0.25, 0.3) is 0 Å². The number of nitrogens with zero attached hydrogens (tertiary/aromatic N) is 2. The topological polar surface area (TPSA) is 67.6 Å². The molecule has 1 aliphatic rings. The largest absolute Gasteiger partial charge is 0.487 e. The van der Waals surface area contributed by atoms with Crippen molar-refractivity contribution in [2.45, 2.75) is 19.8 Å². The molecule has 0 saturated carbocycles. The van der Waals surface area contributed by atoms with Crippen LogP contribution in [-0.2, 0) is 0 Å². The SMILES string of the molecule is CCCOc1cc(N2CCCNCC2)ccc1[N+](=O)[O-]. The summed E-state index contributed by atoms with van der Waals surface area (Å²) < 4.78 is 5.53. The maximum Gasteiger partial charge on any atom is 0.311 e. The number of nitro groups is 1. The molecule has 1 fully saturated rings. The van der Waals surface area contributed by atoms with Gasteiger partial charge >= 0.3 is 5.69 Å². The molecule has 0 aromatic heterocycles. The fraction of sp³-hybridized carbons (Fsp3) is 0.571. The molecular weight excluding hydrogens is 258 g/mol. The fourth-order valence-electron chi connectivity index (χ4n) is 2.28. The van der Waals surface area contributed by atoms with E-state index in [-0.39, 0.29) is 5.69 Å². The van der Waals surface area contributed by atoms with Gasteiger partial charge in [-0.3, -0.25) is 10.1 Å². The van der Waals surface area contributed by atoms with Crippen molar-refractivity contribution in [3.05, 3.63) is 28.3 Å². The number of benzene rings is 1. The molecule has 20 heavy (non-hydrogen) atoms. The Kier molecular flexibility index (Phi) is 5.17. The monoisotopic (exact) mass is 279 g/mol. The second kappa shape index (κ2) is 7.09. The molecule has 0 aliphatic carbocycles. The molecule has 1 aromatic rings. The van der Waals surface area contributed by atoms with E-state index in [0.717, 1.165) is 44.7 Å². The van der Waals surface area contributed by atoms with Gasteiger partial charge in [-0.1, -0.05) is 6.92 Å². The first-order chi connectivity index (χ1) is 9.72. The van der Waals surface area contributed by atoms with Crippen LogP contribution in [0.2, 0.25) is 0 Å². The van der Waals surface area contributed by atoms with Gasteiger partial charge in [-0.2, -0.15) is 0 Å². The lowest BCUT2D eigenvalue weighted by Gasteiger charge is -2.22. The molecule has 0 unspecified atom stereocenters. The Bertz CT molecular complexity index is 457. The van der Waals surface area contributed by atoms with Crippen molar-refractivity contribution < 1.29 is 9.66 Å². The van der Waals surface area contributed by atoms with Crippen molar-refractivity contribution in [2.75, 3.05) is 37.7 Å². The standard InChI is InChI=1S/C14H21N3O3/c1-2-10-20-14-11-12(4-5-13(14)17(18)19)16-8-3-6-15-7-9-16/h4-5,11,15H,2-3,6-10H2,1H3. The molecule has 0 radical (unpaired) electrons. The molecule has 1 saturated heterocycles. The Morgan fingerprint density at radius 2 is 2.25 bits per heavy atom. The average Bonchev–Trinajstić information content (AvgIpc) is 2.73. The Morgan fingerprint density at radius 1 is 1.40 bits per heavy atom. The molecule has 6 heteroatoms. The zero-order valence-electron chi connectivity index (χ0n) is 11.8. The van der Waals surface area contributed by atoms with E-state index in [4.69, 9.17) is 4.74 Å². The van der Waals surface area contributed by atoms with E-state index in [1.165, 1.54) is 0 Å². The molecular formula is C14H21N3O3. The summed E-state index contributed by atoms with van der Waals surface area (Å²) in [6, 6.07) is 5.14. The van der Waals surface area contributed by atoms with Crippen LogP contribution in [0.1, 0.15) is 19.8 Å². The summed E-state index contributed by atoms with van der Waals surface area (Å²) in [6.45, 7) is 6.29. The van der Waals surface area contributed by atoms with Gasteiger partial charge in [0.05, 0.1) is 11.5 Å². The first-order valence-corrected chi connectivity index (χ1v) is 7.09. The van der Waals surface area contributed by atoms with Gasteiger partial charge < -0.3 is 15.0 Å². The highest BCUT2D eigenvalue weighted by molar-refractivity contribution is 5.59. The second-order valence-electron chi connectivity index (χ2n) is 4.85. The average molecular weight is 279 g/mol. The Balaban J connectivity index is 2.22. The zero-order valence-corrected chi connectivity index (χ0v) is 11.8. The van der Waals surface area contributed by atoms with Gasteiger partial charge in [-0.15, -0.1) is 0 Å². The summed E-state index contributed by atoms with van der Waals surface area (Å²) in [5.74, 6) is 0.367. The molecule has 0 spiro atoms. The molecule has 110 valence electrons. The maximum atomic E-state index is 11.0. The highest BCUT2D eigenvalue weighted by Crippen LogP contribution is 2.32. The predicted octanol–water partition coefficient (Wildman–Crippen LogP) is 2.18. The molecule has 0 bridgehead atoms. The minimum atomic E-state index is -0.390. The lowest BCUT2D eigenvalue weighted by Crippen LogP contribution is -2.27. The van der Waals surface area contributed by atoms with Gasteiger partial charge in [0.1, 0.15) is 0 Å². The Labute approximate surface area is 118 Å². The van der Waals surface area contributed by atoms with E-state index in [1.807, 2.05) is 13.0 Å². The van der Waals surface area contributed by atoms with E-state index in [9.17, 15) is 10.1 Å². The minimum absolute atomic E-state index is 0.0372. The van der Waals surface area contributed by atoms with E-state index >= 15 is 0 Å². The minimum Gasteiger partial charge on any atom is -0.487 e. The molecule has 1 N–H and O–H groups in total. The van der Waals surface area contributed by atoms with Gasteiger partial charge in [0.15, 0.2) is 5.75 Å². The molecule has 2 rings (SSSR count). The zero-order chi connectivity index (χ0) is 14.4. The number of anilines is 1. The van der Waals surface area contributed by atoms with Crippen molar-refractivity contribution in [3.8, 4) is 5.75 Å². The van der Waals surface area contributed by atoms with Crippen LogP contribution in [0, 0.1) is 10.1 Å². The van der Waals surface area contributed by atoms with Gasteiger partial charge in [0.2, 0.25) is 0 Å². The van der Waals surface area contributed by atoms with Gasteiger partial charge in [-0.05, 0) is 25.5 Å². The van der Waals surface area contributed by atoms with Crippen LogP contribution in [0.3, 0.4) is 0 Å². The van der Waals surface area contributed by atoms with Crippen LogP contribution < -0.4 is 15.0 Å². The molecule has 1 heterocycles. The third kappa shape index (κ3) is 3.60. The summed E-state index contributed by atoms with van der Waals surface area (Å²) in [4.78, 5) is 12.9. The number of ether oxygens (including phenoxy) is 1. The molecule has 1 aliphatic heterocycles. The summed E-state index contributed by atoms with van der Waals surface area (Å²) in [7, 11) is 0. The summed E-state index contributed by atoms with van der Waals surface area (Å²) in [5, 5.41) is 14.4. The van der Waals surface area contributed by atoms with E-state index < -0.39 is 4.92 Å². The highest BCUT2D eigenvalue weighted by atomic mass is 16.6. The summed E-state index contributed by atoms with van der Waals surface area (Å²) in [5.41, 5.74) is 1.03. The third-order valence-corrected chi connectivity index (χ3v) is 3.31. The van der Waals surface area contributed by atoms with E-state index in [0.29, 0.717) is 12.4 Å². The lowest BCUT2D eigenvalue weighted by molar-refractivity contribution is -0.385. The first kappa shape index (κ1) is 14.6. The second-order valence-corrected chi connectivity index (χ2v) is 4.85. The van der Waals surface area contributed by atoms with Crippen LogP contribution >= 0.6 is 0 Å². The maximum absolute atomic E-state index is 11.0. The van der Waals surface area contributed by atoms with Gasteiger partial charge in [0.25, 0.3) is 0 Å². The quantitative estimate of drug-likeness (QED) is 0.661. The van der Waals surface area contributed by atoms with Crippen molar-refractivity contribution in [3.63, 3.8) is 0 Å². The van der Waals surface area contributed by atoms with Crippen molar-refractivity contribution >= 4 is 11.4 Å². The number of nitro benzene ring substituents is 1. The lowest BCUT2D eigenvalue weighted by atomic mass is 10.2. The van der Waals surface area contributed by atoms with Gasteiger partial charge in [0, 0.05) is 37.5 Å². The Morgan fingerprint density at radius 3 is 3.00 bits per heavy atom. The fourth-order valence-corrected chi connectivity index (χ4v) is 2.28. The molecule has 6 nitrogen and oxygen atoms in total. The number of hydrogen-bond donors (Lipinski definition) is 1. The van der Waals surface area contributed by atoms with E-state index in [2.05, 4.69) is 10.2 Å². The van der Waals surface area contributed by atoms with Crippen molar-refractivity contribution in [2.24, 2.45) is 0 Å². The van der Waals surface area contributed by atoms with Crippen LogP contribution in [0.5, 0.6) is 5.75 Å². The van der Waals surface area contributed by atoms with Crippen LogP contribution in [-0.4, -0.2) is 37.7 Å². The summed E-state index contributed by atoms with van der Waals surface area (Å²) >= 11 is 0. The van der Waals surface area contributed by atoms with Crippen molar-refractivity contribution in [1.29, 1.82) is 0 Å². The number of hydrogen-bond acceptors (Lipinski definition) is 5. The highest BCUT2D eigenvalue weighted by Gasteiger charge is 2.18. The predicted molar refractivity (Wildman–Crippen MR) is 78.6 cm³/mol. The van der Waals surface area contributed by atoms with E-state index in [1.54, 1.807) is 12.1 Å². The van der Waals surface area contributed by atoms with Crippen LogP contribution in [0.4, 0.5) is 11.4 Å². The summed E-state index contributed by atoms with van der Waals surface area (Å²) in [6.07, 6.45) is 1.90. The first-order valence-electron chi connectivity index (χ1n) is 7.09. The van der Waals surface area contributed by atoms with Gasteiger partial charge in [-0.25, -0.2) is 0 Å². The normalized spacial score (nSPS) is 15.8. The number of nitrogens with one attached hydrogen (secondary N) is 1.